The van der Waals surface area contributed by atoms with Crippen molar-refractivity contribution in [1.29, 1.82) is 0 Å². The Morgan fingerprint density at radius 3 is 2.61 bits per heavy atom. The predicted molar refractivity (Wildman–Crippen MR) is 85.8 cm³/mol. The van der Waals surface area contributed by atoms with Crippen LogP contribution in [-0.2, 0) is 4.79 Å². The van der Waals surface area contributed by atoms with Crippen LogP contribution >= 0.6 is 0 Å². The molecule has 1 saturated carbocycles. The predicted octanol–water partition coefficient (Wildman–Crippen LogP) is 2.40. The van der Waals surface area contributed by atoms with Gasteiger partial charge in [0.05, 0.1) is 6.04 Å². The molecule has 0 spiro atoms. The lowest BCUT2D eigenvalue weighted by molar-refractivity contribution is -0.129. The molecule has 4 rings (SSSR count). The molecule has 1 saturated heterocycles. The fourth-order valence-corrected chi connectivity index (χ4v) is 3.27. The second-order valence-corrected chi connectivity index (χ2v) is 6.49. The van der Waals surface area contributed by atoms with Gasteiger partial charge < -0.3 is 4.90 Å². The van der Waals surface area contributed by atoms with E-state index in [1.54, 1.807) is 13.1 Å². The summed E-state index contributed by atoms with van der Waals surface area (Å²) in [7, 11) is 0. The van der Waals surface area contributed by atoms with Crippen LogP contribution in [0.2, 0.25) is 0 Å². The average Bonchev–Trinajstić information content (AvgIpc) is 3.34. The van der Waals surface area contributed by atoms with Crippen LogP contribution in [-0.4, -0.2) is 43.6 Å². The molecule has 1 aliphatic carbocycles. The lowest BCUT2D eigenvalue weighted by Gasteiger charge is -2.30. The molecule has 0 unspecified atom stereocenters. The van der Waals surface area contributed by atoms with E-state index in [-0.39, 0.29) is 5.91 Å². The minimum Gasteiger partial charge on any atom is -0.343 e. The first-order chi connectivity index (χ1) is 11.2. The molecule has 3 heterocycles. The summed E-state index contributed by atoms with van der Waals surface area (Å²) >= 11 is 0. The number of piperidine rings is 1. The molecule has 2 fully saturated rings. The Morgan fingerprint density at radius 2 is 2.00 bits per heavy atom. The zero-order valence-corrected chi connectivity index (χ0v) is 13.4. The molecule has 0 aromatic carbocycles. The highest BCUT2D eigenvalue weighted by Crippen LogP contribution is 2.39. The number of rotatable bonds is 3. The molecule has 0 N–H and O–H groups in total. The molecular weight excluding hydrogens is 290 g/mol. The van der Waals surface area contributed by atoms with Gasteiger partial charge >= 0.3 is 0 Å². The summed E-state index contributed by atoms with van der Waals surface area (Å²) in [5.41, 5.74) is 0.967. The van der Waals surface area contributed by atoms with Crippen LogP contribution < -0.4 is 0 Å². The summed E-state index contributed by atoms with van der Waals surface area (Å²) in [4.78, 5) is 22.4. The zero-order chi connectivity index (χ0) is 15.8. The van der Waals surface area contributed by atoms with Crippen LogP contribution in [0.1, 0.15) is 50.4 Å². The molecule has 23 heavy (non-hydrogen) atoms. The summed E-state index contributed by atoms with van der Waals surface area (Å²) in [5.74, 6) is 2.43. The summed E-state index contributed by atoms with van der Waals surface area (Å²) in [6, 6.07) is 4.42. The minimum atomic E-state index is 0.170. The number of carbonyl (C=O) groups excluding carboxylic acids is 1. The van der Waals surface area contributed by atoms with Crippen molar-refractivity contribution in [2.75, 3.05) is 13.1 Å². The van der Waals surface area contributed by atoms with Crippen LogP contribution in [0.25, 0.3) is 11.4 Å². The molecule has 2 aliphatic rings. The first kappa shape index (κ1) is 14.4. The van der Waals surface area contributed by atoms with Gasteiger partial charge in [0.2, 0.25) is 5.91 Å². The fraction of sp³-hybridized carbons (Fsp3) is 0.529. The molecule has 0 radical (unpaired) electrons. The Bertz CT molecular complexity index is 699. The van der Waals surface area contributed by atoms with Gasteiger partial charge in [-0.15, -0.1) is 0 Å². The van der Waals surface area contributed by atoms with E-state index >= 15 is 0 Å². The number of pyridine rings is 1. The number of amides is 1. The van der Waals surface area contributed by atoms with Crippen molar-refractivity contribution in [3.63, 3.8) is 0 Å². The van der Waals surface area contributed by atoms with Gasteiger partial charge in [0, 0.05) is 43.9 Å². The molecule has 0 atom stereocenters. The Labute approximate surface area is 135 Å². The Hall–Kier alpha value is -2.24. The third-order valence-electron chi connectivity index (χ3n) is 4.78. The van der Waals surface area contributed by atoms with Crippen LogP contribution in [0.5, 0.6) is 0 Å². The van der Waals surface area contributed by atoms with Crippen LogP contribution in [0.15, 0.2) is 24.5 Å². The maximum absolute atomic E-state index is 11.5. The molecule has 1 amide bonds. The lowest BCUT2D eigenvalue weighted by Crippen LogP contribution is -2.36. The van der Waals surface area contributed by atoms with E-state index in [0.29, 0.717) is 12.0 Å². The highest BCUT2D eigenvalue weighted by molar-refractivity contribution is 5.73. The number of hydrogen-bond acceptors (Lipinski definition) is 4. The van der Waals surface area contributed by atoms with E-state index in [1.165, 1.54) is 12.8 Å². The summed E-state index contributed by atoms with van der Waals surface area (Å²) < 4.78 is 2.14. The van der Waals surface area contributed by atoms with Crippen molar-refractivity contribution in [3.8, 4) is 11.4 Å². The van der Waals surface area contributed by atoms with E-state index in [1.807, 2.05) is 23.2 Å². The van der Waals surface area contributed by atoms with E-state index in [9.17, 15) is 4.79 Å². The topological polar surface area (TPSA) is 63.9 Å². The number of aromatic nitrogens is 4. The molecule has 120 valence electrons. The number of nitrogens with zero attached hydrogens (tertiary/aromatic N) is 5. The highest BCUT2D eigenvalue weighted by Gasteiger charge is 2.33. The third kappa shape index (κ3) is 2.85. The molecule has 6 nitrogen and oxygen atoms in total. The Morgan fingerprint density at radius 1 is 1.22 bits per heavy atom. The normalized spacial score (nSPS) is 19.1. The van der Waals surface area contributed by atoms with Gasteiger partial charge in [0.1, 0.15) is 5.82 Å². The van der Waals surface area contributed by atoms with Gasteiger partial charge in [-0.2, -0.15) is 5.10 Å². The quantitative estimate of drug-likeness (QED) is 0.873. The van der Waals surface area contributed by atoms with Crippen LogP contribution in [0, 0.1) is 0 Å². The number of hydrogen-bond donors (Lipinski definition) is 0. The SMILES string of the molecule is CC(=O)N1CCC(c2nc(-c3cccnc3)nn2C2CC2)CC1. The van der Waals surface area contributed by atoms with Gasteiger partial charge in [-0.25, -0.2) is 9.67 Å². The summed E-state index contributed by atoms with van der Waals surface area (Å²) in [5, 5.41) is 4.76. The van der Waals surface area contributed by atoms with Gasteiger partial charge in [0.15, 0.2) is 5.82 Å². The van der Waals surface area contributed by atoms with Gasteiger partial charge in [-0.05, 0) is 37.8 Å². The van der Waals surface area contributed by atoms with Gasteiger partial charge in [-0.1, -0.05) is 0 Å². The molecule has 2 aromatic heterocycles. The second-order valence-electron chi connectivity index (χ2n) is 6.49. The van der Waals surface area contributed by atoms with E-state index in [4.69, 9.17) is 10.1 Å². The largest absolute Gasteiger partial charge is 0.343 e. The second kappa shape index (κ2) is 5.76. The molecule has 0 bridgehead atoms. The summed E-state index contributed by atoms with van der Waals surface area (Å²) in [6.07, 6.45) is 7.90. The highest BCUT2D eigenvalue weighted by atomic mass is 16.2. The Kier molecular flexibility index (Phi) is 3.59. The molecule has 6 heteroatoms. The molecule has 1 aliphatic heterocycles. The van der Waals surface area contributed by atoms with Crippen molar-refractivity contribution in [2.24, 2.45) is 0 Å². The smallest absolute Gasteiger partial charge is 0.219 e. The average molecular weight is 311 g/mol. The number of likely N-dealkylation sites (tertiary alicyclic amines) is 1. The first-order valence-corrected chi connectivity index (χ1v) is 8.34. The maximum atomic E-state index is 11.5. The summed E-state index contributed by atoms with van der Waals surface area (Å²) in [6.45, 7) is 3.28. The molecular formula is C17H21N5O. The van der Waals surface area contributed by atoms with Crippen molar-refractivity contribution < 1.29 is 4.79 Å². The minimum absolute atomic E-state index is 0.170. The first-order valence-electron chi connectivity index (χ1n) is 8.34. The van der Waals surface area contributed by atoms with Crippen molar-refractivity contribution >= 4 is 5.91 Å². The van der Waals surface area contributed by atoms with E-state index in [2.05, 4.69) is 9.67 Å². The van der Waals surface area contributed by atoms with Crippen LogP contribution in [0.3, 0.4) is 0 Å². The van der Waals surface area contributed by atoms with Crippen molar-refractivity contribution in [2.45, 2.75) is 44.6 Å². The maximum Gasteiger partial charge on any atom is 0.219 e. The van der Waals surface area contributed by atoms with Crippen molar-refractivity contribution in [3.05, 3.63) is 30.4 Å². The zero-order valence-electron chi connectivity index (χ0n) is 13.4. The van der Waals surface area contributed by atoms with Crippen molar-refractivity contribution in [1.82, 2.24) is 24.6 Å². The standard InChI is InChI=1S/C17H21N5O/c1-12(23)21-9-6-13(7-10-21)17-19-16(14-3-2-8-18-11-14)20-22(17)15-4-5-15/h2-3,8,11,13,15H,4-7,9-10H2,1H3. The Balaban J connectivity index is 1.61. The monoisotopic (exact) mass is 311 g/mol. The van der Waals surface area contributed by atoms with E-state index in [0.717, 1.165) is 43.1 Å². The van der Waals surface area contributed by atoms with Crippen LogP contribution in [0.4, 0.5) is 0 Å². The lowest BCUT2D eigenvalue weighted by atomic mass is 9.96. The van der Waals surface area contributed by atoms with Gasteiger partial charge in [0.25, 0.3) is 0 Å². The third-order valence-corrected chi connectivity index (χ3v) is 4.78. The number of carbonyl (C=O) groups is 1. The molecule has 2 aromatic rings. The fourth-order valence-electron chi connectivity index (χ4n) is 3.27. The van der Waals surface area contributed by atoms with E-state index < -0.39 is 0 Å². The van der Waals surface area contributed by atoms with Gasteiger partial charge in [-0.3, -0.25) is 9.78 Å².